The Kier molecular flexibility index (Phi) is 4.11. The number of sulfonamides is 1. The number of rotatable bonds is 2. The van der Waals surface area contributed by atoms with Crippen LogP contribution < -0.4 is 0 Å². The van der Waals surface area contributed by atoms with Crippen LogP contribution in [0.15, 0.2) is 27.6 Å². The van der Waals surface area contributed by atoms with Crippen LogP contribution in [-0.2, 0) is 14.8 Å². The fourth-order valence-electron chi connectivity index (χ4n) is 2.01. The minimum absolute atomic E-state index is 0.128. The number of morpholine rings is 1. The highest BCUT2D eigenvalue weighted by atomic mass is 79.9. The van der Waals surface area contributed by atoms with Crippen LogP contribution in [0.2, 0.25) is 0 Å². The molecule has 0 bridgehead atoms. The molecule has 1 aromatic rings. The van der Waals surface area contributed by atoms with Gasteiger partial charge in [-0.25, -0.2) is 8.42 Å². The number of halogens is 1. The molecule has 100 valence electrons. The monoisotopic (exact) mass is 333 g/mol. The second-order valence-corrected chi connectivity index (χ2v) is 7.19. The summed E-state index contributed by atoms with van der Waals surface area (Å²) in [5.41, 5.74) is 1.02. The van der Waals surface area contributed by atoms with E-state index in [1.807, 2.05) is 26.0 Å². The maximum absolute atomic E-state index is 12.6. The SMILES string of the molecule is Cc1ccc(S(=O)(=O)N2CCOC[C@H]2C)c(Br)c1. The molecule has 0 aromatic heterocycles. The molecular weight excluding hydrogens is 318 g/mol. The molecule has 2 rings (SSSR count). The van der Waals surface area contributed by atoms with Gasteiger partial charge in [0.15, 0.2) is 0 Å². The van der Waals surface area contributed by atoms with Crippen LogP contribution in [0, 0.1) is 6.92 Å². The van der Waals surface area contributed by atoms with Gasteiger partial charge in [-0.05, 0) is 47.5 Å². The van der Waals surface area contributed by atoms with Gasteiger partial charge in [-0.3, -0.25) is 0 Å². The van der Waals surface area contributed by atoms with Crippen LogP contribution in [0.25, 0.3) is 0 Å². The van der Waals surface area contributed by atoms with Gasteiger partial charge >= 0.3 is 0 Å². The van der Waals surface area contributed by atoms with Gasteiger partial charge < -0.3 is 4.74 Å². The second-order valence-electron chi connectivity index (χ2n) is 4.47. The maximum Gasteiger partial charge on any atom is 0.244 e. The Morgan fingerprint density at radius 2 is 2.17 bits per heavy atom. The summed E-state index contributed by atoms with van der Waals surface area (Å²) in [5, 5.41) is 0. The van der Waals surface area contributed by atoms with E-state index < -0.39 is 10.0 Å². The summed E-state index contributed by atoms with van der Waals surface area (Å²) in [6, 6.07) is 5.15. The average molecular weight is 334 g/mol. The van der Waals surface area contributed by atoms with Gasteiger partial charge in [0, 0.05) is 17.1 Å². The molecule has 0 N–H and O–H groups in total. The highest BCUT2D eigenvalue weighted by Gasteiger charge is 2.32. The first kappa shape index (κ1) is 14.0. The van der Waals surface area contributed by atoms with Gasteiger partial charge in [-0.2, -0.15) is 4.31 Å². The minimum atomic E-state index is -3.45. The van der Waals surface area contributed by atoms with Gasteiger partial charge in [0.25, 0.3) is 0 Å². The van der Waals surface area contributed by atoms with E-state index in [2.05, 4.69) is 15.9 Å². The van der Waals surface area contributed by atoms with Gasteiger partial charge in [0.05, 0.1) is 18.1 Å². The number of ether oxygens (including phenoxy) is 1. The highest BCUT2D eigenvalue weighted by molar-refractivity contribution is 9.10. The number of hydrogen-bond donors (Lipinski definition) is 0. The van der Waals surface area contributed by atoms with E-state index in [-0.39, 0.29) is 6.04 Å². The molecule has 0 radical (unpaired) electrons. The van der Waals surface area contributed by atoms with Crippen molar-refractivity contribution in [3.05, 3.63) is 28.2 Å². The highest BCUT2D eigenvalue weighted by Crippen LogP contribution is 2.27. The van der Waals surface area contributed by atoms with Crippen molar-refractivity contribution < 1.29 is 13.2 Å². The van der Waals surface area contributed by atoms with Crippen molar-refractivity contribution in [1.82, 2.24) is 4.31 Å². The molecule has 0 saturated carbocycles. The van der Waals surface area contributed by atoms with Gasteiger partial charge in [-0.15, -0.1) is 0 Å². The number of benzene rings is 1. The minimum Gasteiger partial charge on any atom is -0.378 e. The molecule has 0 spiro atoms. The Balaban J connectivity index is 2.41. The third-order valence-corrected chi connectivity index (χ3v) is 5.97. The number of aryl methyl sites for hydroxylation is 1. The zero-order valence-electron chi connectivity index (χ0n) is 10.4. The lowest BCUT2D eigenvalue weighted by molar-refractivity contribution is 0.0392. The van der Waals surface area contributed by atoms with E-state index in [1.54, 1.807) is 6.07 Å². The largest absolute Gasteiger partial charge is 0.378 e. The maximum atomic E-state index is 12.6. The summed E-state index contributed by atoms with van der Waals surface area (Å²) >= 11 is 3.33. The summed E-state index contributed by atoms with van der Waals surface area (Å²) in [7, 11) is -3.45. The van der Waals surface area contributed by atoms with Crippen molar-refractivity contribution in [3.63, 3.8) is 0 Å². The smallest absolute Gasteiger partial charge is 0.244 e. The molecule has 1 saturated heterocycles. The summed E-state index contributed by atoms with van der Waals surface area (Å²) < 4.78 is 32.5. The molecular formula is C12H16BrNO3S. The molecule has 1 fully saturated rings. The van der Waals surface area contributed by atoms with E-state index in [0.717, 1.165) is 5.56 Å². The first-order chi connectivity index (χ1) is 8.43. The molecule has 0 unspecified atom stereocenters. The lowest BCUT2D eigenvalue weighted by atomic mass is 10.2. The molecule has 1 aromatic carbocycles. The lowest BCUT2D eigenvalue weighted by Crippen LogP contribution is -2.47. The summed E-state index contributed by atoms with van der Waals surface area (Å²) in [5.74, 6) is 0. The molecule has 1 heterocycles. The van der Waals surface area contributed by atoms with E-state index in [4.69, 9.17) is 4.74 Å². The van der Waals surface area contributed by atoms with Crippen LogP contribution in [0.1, 0.15) is 12.5 Å². The standard InChI is InChI=1S/C12H16BrNO3S/c1-9-3-4-12(11(13)7-9)18(15,16)14-5-6-17-8-10(14)2/h3-4,7,10H,5-6,8H2,1-2H3/t10-/m1/s1. The molecule has 18 heavy (non-hydrogen) atoms. The van der Waals surface area contributed by atoms with E-state index >= 15 is 0 Å². The zero-order chi connectivity index (χ0) is 13.3. The van der Waals surface area contributed by atoms with Crippen LogP contribution in [-0.4, -0.2) is 38.5 Å². The van der Waals surface area contributed by atoms with Crippen molar-refractivity contribution >= 4 is 26.0 Å². The Morgan fingerprint density at radius 1 is 1.44 bits per heavy atom. The van der Waals surface area contributed by atoms with Crippen molar-refractivity contribution in [2.45, 2.75) is 24.8 Å². The third kappa shape index (κ3) is 2.61. The zero-order valence-corrected chi connectivity index (χ0v) is 12.8. The van der Waals surface area contributed by atoms with Crippen LogP contribution >= 0.6 is 15.9 Å². The molecule has 0 amide bonds. The van der Waals surface area contributed by atoms with Crippen LogP contribution in [0.3, 0.4) is 0 Å². The Bertz CT molecular complexity index is 544. The first-order valence-corrected chi connectivity index (χ1v) is 8.02. The molecule has 6 heteroatoms. The van der Waals surface area contributed by atoms with Crippen molar-refractivity contribution in [2.24, 2.45) is 0 Å². The summed E-state index contributed by atoms with van der Waals surface area (Å²) in [6.45, 7) is 5.09. The third-order valence-electron chi connectivity index (χ3n) is 2.98. The Labute approximate surface area is 116 Å². The van der Waals surface area contributed by atoms with E-state index in [9.17, 15) is 8.42 Å². The fraction of sp³-hybridized carbons (Fsp3) is 0.500. The van der Waals surface area contributed by atoms with Gasteiger partial charge in [0.1, 0.15) is 0 Å². The van der Waals surface area contributed by atoms with Crippen molar-refractivity contribution in [3.8, 4) is 0 Å². The average Bonchev–Trinajstić information content (AvgIpc) is 2.28. The fourth-order valence-corrected chi connectivity index (χ4v) is 4.76. The second kappa shape index (κ2) is 5.28. The predicted octanol–water partition coefficient (Wildman–Crippen LogP) is 2.17. The molecule has 4 nitrogen and oxygen atoms in total. The predicted molar refractivity (Wildman–Crippen MR) is 73.1 cm³/mol. The number of hydrogen-bond acceptors (Lipinski definition) is 3. The molecule has 1 atom stereocenters. The van der Waals surface area contributed by atoms with Gasteiger partial charge in [-0.1, -0.05) is 6.07 Å². The number of nitrogens with zero attached hydrogens (tertiary/aromatic N) is 1. The van der Waals surface area contributed by atoms with Gasteiger partial charge in [0.2, 0.25) is 10.0 Å². The lowest BCUT2D eigenvalue weighted by Gasteiger charge is -2.32. The van der Waals surface area contributed by atoms with E-state index in [0.29, 0.717) is 29.1 Å². The van der Waals surface area contributed by atoms with Crippen LogP contribution in [0.5, 0.6) is 0 Å². The first-order valence-electron chi connectivity index (χ1n) is 5.78. The molecule has 0 aliphatic carbocycles. The summed E-state index contributed by atoms with van der Waals surface area (Å²) in [4.78, 5) is 0.321. The normalized spacial score (nSPS) is 22.1. The molecule has 1 aliphatic rings. The Morgan fingerprint density at radius 3 is 2.78 bits per heavy atom. The molecule has 1 aliphatic heterocycles. The summed E-state index contributed by atoms with van der Waals surface area (Å²) in [6.07, 6.45) is 0. The topological polar surface area (TPSA) is 46.6 Å². The quantitative estimate of drug-likeness (QED) is 0.833. The van der Waals surface area contributed by atoms with Crippen molar-refractivity contribution in [1.29, 1.82) is 0 Å². The van der Waals surface area contributed by atoms with Crippen molar-refractivity contribution in [2.75, 3.05) is 19.8 Å². The van der Waals surface area contributed by atoms with E-state index in [1.165, 1.54) is 4.31 Å². The Hall–Kier alpha value is -0.430. The van der Waals surface area contributed by atoms with Crippen LogP contribution in [0.4, 0.5) is 0 Å².